The fourth-order valence-electron chi connectivity index (χ4n) is 2.25. The first-order valence-corrected chi connectivity index (χ1v) is 7.45. The molecular formula is C19H24N2O. The van der Waals surface area contributed by atoms with Gasteiger partial charge in [-0.1, -0.05) is 45.0 Å². The van der Waals surface area contributed by atoms with E-state index in [4.69, 9.17) is 4.84 Å². The van der Waals surface area contributed by atoms with E-state index in [-0.39, 0.29) is 5.41 Å². The molecule has 2 aromatic carbocycles. The molecule has 0 aliphatic heterocycles. The van der Waals surface area contributed by atoms with Crippen molar-refractivity contribution in [3.63, 3.8) is 0 Å². The topological polar surface area (TPSA) is 33.6 Å². The monoisotopic (exact) mass is 296 g/mol. The molecule has 0 radical (unpaired) electrons. The van der Waals surface area contributed by atoms with E-state index < -0.39 is 0 Å². The predicted octanol–water partition coefficient (Wildman–Crippen LogP) is 5.02. The second-order valence-corrected chi connectivity index (χ2v) is 6.41. The number of para-hydroxylation sites is 1. The third-order valence-electron chi connectivity index (χ3n) is 3.55. The van der Waals surface area contributed by atoms with Gasteiger partial charge in [0.25, 0.3) is 0 Å². The number of nitrogens with zero attached hydrogens (tertiary/aromatic N) is 1. The van der Waals surface area contributed by atoms with E-state index in [0.717, 1.165) is 22.5 Å². The molecule has 2 aromatic rings. The summed E-state index contributed by atoms with van der Waals surface area (Å²) in [5.41, 5.74) is 8.39. The van der Waals surface area contributed by atoms with Gasteiger partial charge < -0.3 is 0 Å². The Labute approximate surface area is 133 Å². The lowest BCUT2D eigenvalue weighted by Gasteiger charge is -2.22. The molecule has 0 atom stereocenters. The van der Waals surface area contributed by atoms with Crippen molar-refractivity contribution in [2.24, 2.45) is 4.99 Å². The molecule has 3 nitrogen and oxygen atoms in total. The van der Waals surface area contributed by atoms with E-state index in [1.807, 2.05) is 36.5 Å². The largest absolute Gasteiger partial charge is 0.279 e. The van der Waals surface area contributed by atoms with Crippen molar-refractivity contribution in [2.45, 2.75) is 33.1 Å². The molecule has 0 saturated carbocycles. The van der Waals surface area contributed by atoms with Gasteiger partial charge in [0, 0.05) is 11.8 Å². The van der Waals surface area contributed by atoms with Gasteiger partial charge in [-0.15, -0.1) is 0 Å². The third kappa shape index (κ3) is 3.95. The molecule has 3 heteroatoms. The predicted molar refractivity (Wildman–Crippen MR) is 94.2 cm³/mol. The number of hydrogen-bond donors (Lipinski definition) is 1. The minimum absolute atomic E-state index is 0.0890. The number of hydrogen-bond acceptors (Lipinski definition) is 3. The van der Waals surface area contributed by atoms with Gasteiger partial charge in [0.15, 0.2) is 0 Å². The highest BCUT2D eigenvalue weighted by Crippen LogP contribution is 2.29. The minimum atomic E-state index is 0.0890. The molecule has 0 amide bonds. The van der Waals surface area contributed by atoms with Crippen LogP contribution in [0.3, 0.4) is 0 Å². The molecular weight excluding hydrogens is 272 g/mol. The van der Waals surface area contributed by atoms with Crippen molar-refractivity contribution in [3.8, 4) is 0 Å². The van der Waals surface area contributed by atoms with Crippen molar-refractivity contribution < 1.29 is 4.84 Å². The molecule has 0 unspecified atom stereocenters. The van der Waals surface area contributed by atoms with E-state index in [9.17, 15) is 0 Å². The smallest absolute Gasteiger partial charge is 0.0721 e. The first kappa shape index (κ1) is 16.2. The fourth-order valence-corrected chi connectivity index (χ4v) is 2.25. The van der Waals surface area contributed by atoms with Crippen molar-refractivity contribution >= 4 is 17.6 Å². The lowest BCUT2D eigenvalue weighted by atomic mass is 9.84. The van der Waals surface area contributed by atoms with Crippen molar-refractivity contribution in [1.82, 2.24) is 0 Å². The maximum Gasteiger partial charge on any atom is 0.0721 e. The third-order valence-corrected chi connectivity index (χ3v) is 3.55. The zero-order valence-electron chi connectivity index (χ0n) is 14.0. The van der Waals surface area contributed by atoms with E-state index in [0.29, 0.717) is 0 Å². The molecule has 0 heterocycles. The van der Waals surface area contributed by atoms with Crippen LogP contribution in [0.25, 0.3) is 0 Å². The molecule has 116 valence electrons. The van der Waals surface area contributed by atoms with Gasteiger partial charge in [-0.3, -0.25) is 15.3 Å². The number of rotatable bonds is 4. The summed E-state index contributed by atoms with van der Waals surface area (Å²) in [4.78, 5) is 9.68. The van der Waals surface area contributed by atoms with Gasteiger partial charge >= 0.3 is 0 Å². The zero-order chi connectivity index (χ0) is 16.2. The van der Waals surface area contributed by atoms with Gasteiger partial charge in [0.05, 0.1) is 18.5 Å². The maximum absolute atomic E-state index is 5.12. The molecule has 0 spiro atoms. The Morgan fingerprint density at radius 2 is 1.77 bits per heavy atom. The summed E-state index contributed by atoms with van der Waals surface area (Å²) in [7, 11) is 1.62. The summed E-state index contributed by atoms with van der Waals surface area (Å²) in [6, 6.07) is 14.3. The Hall–Kier alpha value is -2.13. The van der Waals surface area contributed by atoms with E-state index in [1.165, 1.54) is 5.56 Å². The Morgan fingerprint density at radius 3 is 2.36 bits per heavy atom. The average molecular weight is 296 g/mol. The fraction of sp³-hybridized carbons (Fsp3) is 0.316. The van der Waals surface area contributed by atoms with Gasteiger partial charge in [0.2, 0.25) is 0 Å². The highest BCUT2D eigenvalue weighted by molar-refractivity contribution is 5.90. The average Bonchev–Trinajstić information content (AvgIpc) is 2.47. The Balaban J connectivity index is 2.47. The Bertz CT molecular complexity index is 655. The summed E-state index contributed by atoms with van der Waals surface area (Å²) in [6.07, 6.45) is 1.89. The van der Waals surface area contributed by atoms with Gasteiger partial charge in [-0.2, -0.15) is 0 Å². The molecule has 0 bridgehead atoms. The summed E-state index contributed by atoms with van der Waals surface area (Å²) in [6.45, 7) is 8.71. The van der Waals surface area contributed by atoms with Gasteiger partial charge in [0.1, 0.15) is 0 Å². The van der Waals surface area contributed by atoms with E-state index >= 15 is 0 Å². The van der Waals surface area contributed by atoms with Crippen LogP contribution in [0, 0.1) is 6.92 Å². The standard InChI is InChI=1S/C19H24N2O/c1-14-11-16(19(2,3)4)12-15(18(14)21-22-5)13-20-17-9-7-6-8-10-17/h6-13,21H,1-5H3. The molecule has 2 rings (SSSR count). The molecule has 22 heavy (non-hydrogen) atoms. The molecule has 0 fully saturated rings. The van der Waals surface area contributed by atoms with Crippen LogP contribution in [-0.2, 0) is 10.3 Å². The van der Waals surface area contributed by atoms with Crippen LogP contribution in [0.1, 0.15) is 37.5 Å². The minimum Gasteiger partial charge on any atom is -0.279 e. The van der Waals surface area contributed by atoms with Crippen LogP contribution in [0.4, 0.5) is 11.4 Å². The maximum atomic E-state index is 5.12. The van der Waals surface area contributed by atoms with Gasteiger partial charge in [-0.05, 0) is 41.7 Å². The van der Waals surface area contributed by atoms with Crippen molar-refractivity contribution in [3.05, 3.63) is 59.2 Å². The summed E-state index contributed by atoms with van der Waals surface area (Å²) in [5.74, 6) is 0. The number of nitrogens with one attached hydrogen (secondary N) is 1. The molecule has 0 aliphatic carbocycles. The first-order valence-electron chi connectivity index (χ1n) is 7.45. The highest BCUT2D eigenvalue weighted by atomic mass is 16.6. The highest BCUT2D eigenvalue weighted by Gasteiger charge is 2.17. The lowest BCUT2D eigenvalue weighted by Crippen LogP contribution is -2.13. The van der Waals surface area contributed by atoms with Crippen LogP contribution >= 0.6 is 0 Å². The zero-order valence-corrected chi connectivity index (χ0v) is 14.0. The molecule has 0 aliphatic rings. The molecule has 0 saturated heterocycles. The van der Waals surface area contributed by atoms with Crippen LogP contribution in [0.5, 0.6) is 0 Å². The van der Waals surface area contributed by atoms with Crippen LogP contribution in [0.15, 0.2) is 47.5 Å². The summed E-state index contributed by atoms with van der Waals surface area (Å²) < 4.78 is 0. The molecule has 0 aromatic heterocycles. The Morgan fingerprint density at radius 1 is 1.09 bits per heavy atom. The first-order chi connectivity index (χ1) is 10.4. The van der Waals surface area contributed by atoms with Gasteiger partial charge in [-0.25, -0.2) is 0 Å². The number of aryl methyl sites for hydroxylation is 1. The summed E-state index contributed by atoms with van der Waals surface area (Å²) in [5, 5.41) is 0. The number of benzene rings is 2. The van der Waals surface area contributed by atoms with Crippen LogP contribution in [0.2, 0.25) is 0 Å². The van der Waals surface area contributed by atoms with E-state index in [2.05, 4.69) is 50.3 Å². The van der Waals surface area contributed by atoms with Crippen LogP contribution in [-0.4, -0.2) is 13.3 Å². The van der Waals surface area contributed by atoms with Crippen molar-refractivity contribution in [2.75, 3.05) is 12.6 Å². The SMILES string of the molecule is CONc1c(C)cc(C(C)(C)C)cc1C=Nc1ccccc1. The second kappa shape index (κ2) is 6.75. The normalized spacial score (nSPS) is 11.9. The number of aliphatic imine (C=N–C) groups is 1. The quantitative estimate of drug-likeness (QED) is 0.635. The van der Waals surface area contributed by atoms with Crippen molar-refractivity contribution in [1.29, 1.82) is 0 Å². The lowest BCUT2D eigenvalue weighted by molar-refractivity contribution is 0.270. The number of anilines is 1. The molecule has 1 N–H and O–H groups in total. The Kier molecular flexibility index (Phi) is 4.99. The second-order valence-electron chi connectivity index (χ2n) is 6.41. The van der Waals surface area contributed by atoms with E-state index in [1.54, 1.807) is 7.11 Å². The van der Waals surface area contributed by atoms with Crippen LogP contribution < -0.4 is 5.48 Å². The summed E-state index contributed by atoms with van der Waals surface area (Å²) >= 11 is 0.